The number of carbonyl (C=O) groups excluding carboxylic acids is 2. The summed E-state index contributed by atoms with van der Waals surface area (Å²) >= 11 is 0. The predicted molar refractivity (Wildman–Crippen MR) is 91.6 cm³/mol. The van der Waals surface area contributed by atoms with Crippen molar-refractivity contribution in [2.24, 2.45) is 0 Å². The number of ketones is 1. The van der Waals surface area contributed by atoms with Crippen molar-refractivity contribution in [3.63, 3.8) is 0 Å². The molecule has 0 atom stereocenters. The van der Waals surface area contributed by atoms with Gasteiger partial charge in [0.15, 0.2) is 5.78 Å². The average Bonchev–Trinajstić information content (AvgIpc) is 2.62. The number of anilines is 1. The van der Waals surface area contributed by atoms with Crippen LogP contribution in [0.2, 0.25) is 0 Å². The molecule has 0 radical (unpaired) electrons. The molecule has 3 rings (SSSR count). The zero-order valence-electron chi connectivity index (χ0n) is 13.8. The van der Waals surface area contributed by atoms with Gasteiger partial charge in [-0.25, -0.2) is 8.78 Å². The molecule has 1 N–H and O–H groups in total. The van der Waals surface area contributed by atoms with Crippen LogP contribution in [0.3, 0.4) is 0 Å². The summed E-state index contributed by atoms with van der Waals surface area (Å²) in [6.07, 6.45) is 4.29. The fourth-order valence-corrected chi connectivity index (χ4v) is 3.08. The topological polar surface area (TPSA) is 46.2 Å². The summed E-state index contributed by atoms with van der Waals surface area (Å²) in [6.45, 7) is 0. The molecule has 0 bridgehead atoms. The van der Waals surface area contributed by atoms with Crippen LogP contribution in [0.25, 0.3) is 0 Å². The van der Waals surface area contributed by atoms with E-state index in [2.05, 4.69) is 5.32 Å². The largest absolute Gasteiger partial charge is 0.324 e. The molecular formula is C20H19F2NO2. The third-order valence-electron chi connectivity index (χ3n) is 4.45. The number of benzene rings is 2. The van der Waals surface area contributed by atoms with Crippen LogP contribution in [-0.2, 0) is 17.6 Å². The maximum atomic E-state index is 13.5. The van der Waals surface area contributed by atoms with E-state index >= 15 is 0 Å². The van der Waals surface area contributed by atoms with Crippen LogP contribution in [0.15, 0.2) is 36.4 Å². The van der Waals surface area contributed by atoms with Crippen molar-refractivity contribution in [2.75, 3.05) is 5.32 Å². The van der Waals surface area contributed by atoms with E-state index in [4.69, 9.17) is 0 Å². The Morgan fingerprint density at radius 1 is 0.920 bits per heavy atom. The normalized spacial score (nSPS) is 13.2. The molecule has 0 unspecified atom stereocenters. The number of amides is 1. The van der Waals surface area contributed by atoms with E-state index in [1.165, 1.54) is 17.5 Å². The summed E-state index contributed by atoms with van der Waals surface area (Å²) in [4.78, 5) is 24.2. The van der Waals surface area contributed by atoms with Gasteiger partial charge in [-0.15, -0.1) is 0 Å². The number of nitrogens with one attached hydrogen (secondary N) is 1. The van der Waals surface area contributed by atoms with Gasteiger partial charge in [-0.1, -0.05) is 12.1 Å². The number of hydrogen-bond acceptors (Lipinski definition) is 2. The molecule has 3 nitrogen and oxygen atoms in total. The zero-order chi connectivity index (χ0) is 17.8. The lowest BCUT2D eigenvalue weighted by atomic mass is 9.89. The molecule has 0 saturated carbocycles. The van der Waals surface area contributed by atoms with E-state index < -0.39 is 17.5 Å². The van der Waals surface area contributed by atoms with Crippen LogP contribution >= 0.6 is 0 Å². The van der Waals surface area contributed by atoms with Crippen molar-refractivity contribution in [1.29, 1.82) is 0 Å². The standard InChI is InChI=1S/C20H19F2NO2/c21-16-7-8-17(22)18(12-16)23-20(25)10-9-19(24)15-6-5-13-3-1-2-4-14(13)11-15/h5-8,11-12H,1-4,9-10H2,(H,23,25). The number of halogens is 2. The van der Waals surface area contributed by atoms with Crippen LogP contribution in [0.1, 0.15) is 47.2 Å². The van der Waals surface area contributed by atoms with Gasteiger partial charge in [0.05, 0.1) is 5.69 Å². The Labute approximate surface area is 145 Å². The first-order valence-electron chi connectivity index (χ1n) is 8.43. The van der Waals surface area contributed by atoms with Gasteiger partial charge in [-0.3, -0.25) is 9.59 Å². The highest BCUT2D eigenvalue weighted by Crippen LogP contribution is 2.23. The lowest BCUT2D eigenvalue weighted by Crippen LogP contribution is -2.15. The Morgan fingerprint density at radius 2 is 1.68 bits per heavy atom. The summed E-state index contributed by atoms with van der Waals surface area (Å²) in [6, 6.07) is 8.55. The third kappa shape index (κ3) is 4.29. The first-order valence-corrected chi connectivity index (χ1v) is 8.43. The minimum absolute atomic E-state index is 0.0293. The number of hydrogen-bond donors (Lipinski definition) is 1. The number of aryl methyl sites for hydroxylation is 2. The van der Waals surface area contributed by atoms with Gasteiger partial charge in [0, 0.05) is 24.5 Å². The maximum Gasteiger partial charge on any atom is 0.224 e. The molecular weight excluding hydrogens is 324 g/mol. The Morgan fingerprint density at radius 3 is 2.48 bits per heavy atom. The summed E-state index contributed by atoms with van der Waals surface area (Å²) in [7, 11) is 0. The van der Waals surface area contributed by atoms with E-state index in [1.54, 1.807) is 6.07 Å². The molecule has 0 spiro atoms. The summed E-state index contributed by atoms with van der Waals surface area (Å²) < 4.78 is 26.6. The summed E-state index contributed by atoms with van der Waals surface area (Å²) in [5, 5.41) is 2.30. The van der Waals surface area contributed by atoms with Crippen LogP contribution in [-0.4, -0.2) is 11.7 Å². The SMILES string of the molecule is O=C(CCC(=O)c1ccc2c(c1)CCCC2)Nc1cc(F)ccc1F. The smallest absolute Gasteiger partial charge is 0.224 e. The van der Waals surface area contributed by atoms with Gasteiger partial charge in [-0.05, 0) is 55.0 Å². The minimum atomic E-state index is -0.712. The van der Waals surface area contributed by atoms with Gasteiger partial charge in [0.1, 0.15) is 11.6 Å². The fraction of sp³-hybridized carbons (Fsp3) is 0.300. The zero-order valence-corrected chi connectivity index (χ0v) is 13.8. The predicted octanol–water partition coefficient (Wildman–Crippen LogP) is 4.45. The Balaban J connectivity index is 1.58. The van der Waals surface area contributed by atoms with Crippen LogP contribution in [0.5, 0.6) is 0 Å². The van der Waals surface area contributed by atoms with Crippen LogP contribution < -0.4 is 5.32 Å². The third-order valence-corrected chi connectivity index (χ3v) is 4.45. The summed E-state index contributed by atoms with van der Waals surface area (Å²) in [5.41, 5.74) is 2.89. The molecule has 2 aromatic carbocycles. The Bertz CT molecular complexity index is 817. The van der Waals surface area contributed by atoms with Crippen LogP contribution in [0, 0.1) is 11.6 Å². The van der Waals surface area contributed by atoms with E-state index in [0.717, 1.165) is 37.5 Å². The Kier molecular flexibility index (Phi) is 5.22. The monoisotopic (exact) mass is 343 g/mol. The Hall–Kier alpha value is -2.56. The highest BCUT2D eigenvalue weighted by molar-refractivity contribution is 6.00. The van der Waals surface area contributed by atoms with E-state index in [0.29, 0.717) is 5.56 Å². The number of rotatable bonds is 5. The maximum absolute atomic E-state index is 13.5. The fourth-order valence-electron chi connectivity index (χ4n) is 3.08. The highest BCUT2D eigenvalue weighted by Gasteiger charge is 2.15. The van der Waals surface area contributed by atoms with Gasteiger partial charge in [0.25, 0.3) is 0 Å². The molecule has 0 fully saturated rings. The lowest BCUT2D eigenvalue weighted by Gasteiger charge is -2.16. The molecule has 130 valence electrons. The first-order chi connectivity index (χ1) is 12.0. The van der Waals surface area contributed by atoms with Crippen molar-refractivity contribution in [1.82, 2.24) is 0 Å². The van der Waals surface area contributed by atoms with Crippen molar-refractivity contribution < 1.29 is 18.4 Å². The molecule has 0 heterocycles. The van der Waals surface area contributed by atoms with E-state index in [9.17, 15) is 18.4 Å². The van der Waals surface area contributed by atoms with Crippen molar-refractivity contribution in [3.8, 4) is 0 Å². The average molecular weight is 343 g/mol. The molecule has 0 aromatic heterocycles. The molecule has 0 saturated heterocycles. The second-order valence-electron chi connectivity index (χ2n) is 6.29. The van der Waals surface area contributed by atoms with Gasteiger partial charge in [-0.2, -0.15) is 0 Å². The number of fused-ring (bicyclic) bond motifs is 1. The molecule has 0 aliphatic heterocycles. The quantitative estimate of drug-likeness (QED) is 0.816. The van der Waals surface area contributed by atoms with Crippen molar-refractivity contribution in [3.05, 3.63) is 64.7 Å². The van der Waals surface area contributed by atoms with Gasteiger partial charge < -0.3 is 5.32 Å². The number of Topliss-reactive ketones (excluding diaryl/α,β-unsaturated/α-hetero) is 1. The number of carbonyl (C=O) groups is 2. The van der Waals surface area contributed by atoms with Crippen LogP contribution in [0.4, 0.5) is 14.5 Å². The second kappa shape index (κ2) is 7.55. The molecule has 1 amide bonds. The second-order valence-corrected chi connectivity index (χ2v) is 6.29. The molecule has 1 aliphatic carbocycles. The highest BCUT2D eigenvalue weighted by atomic mass is 19.1. The van der Waals surface area contributed by atoms with Gasteiger partial charge in [0.2, 0.25) is 5.91 Å². The molecule has 1 aliphatic rings. The van der Waals surface area contributed by atoms with E-state index in [1.807, 2.05) is 12.1 Å². The first kappa shape index (κ1) is 17.3. The molecule has 2 aromatic rings. The van der Waals surface area contributed by atoms with Crippen molar-refractivity contribution >= 4 is 17.4 Å². The minimum Gasteiger partial charge on any atom is -0.324 e. The molecule has 5 heteroatoms. The van der Waals surface area contributed by atoms with Crippen molar-refractivity contribution in [2.45, 2.75) is 38.5 Å². The van der Waals surface area contributed by atoms with Gasteiger partial charge >= 0.3 is 0 Å². The molecule has 25 heavy (non-hydrogen) atoms. The van der Waals surface area contributed by atoms with E-state index in [-0.39, 0.29) is 24.3 Å². The summed E-state index contributed by atoms with van der Waals surface area (Å²) in [5.74, 6) is -1.99. The lowest BCUT2D eigenvalue weighted by molar-refractivity contribution is -0.116.